The Balaban J connectivity index is 2.05. The summed E-state index contributed by atoms with van der Waals surface area (Å²) in [6.45, 7) is 1.12. The third-order valence-electron chi connectivity index (χ3n) is 4.67. The molecule has 1 heterocycles. The van der Waals surface area contributed by atoms with Gasteiger partial charge in [-0.05, 0) is 29.3 Å². The van der Waals surface area contributed by atoms with Crippen molar-refractivity contribution < 1.29 is 14.7 Å². The molecule has 29 heavy (non-hydrogen) atoms. The van der Waals surface area contributed by atoms with Gasteiger partial charge in [0.15, 0.2) is 4.84 Å². The van der Waals surface area contributed by atoms with Crippen molar-refractivity contribution in [3.05, 3.63) is 65.9 Å². The molecule has 152 valence electrons. The normalized spacial score (nSPS) is 13.3. The van der Waals surface area contributed by atoms with E-state index in [1.54, 1.807) is 12.1 Å². The predicted octanol–water partition coefficient (Wildman–Crippen LogP) is 3.54. The first-order valence-electron chi connectivity index (χ1n) is 9.03. The van der Waals surface area contributed by atoms with Crippen molar-refractivity contribution in [2.45, 2.75) is 23.7 Å². The topological polar surface area (TPSA) is 94.2 Å². The minimum Gasteiger partial charge on any atom is -0.394 e. The van der Waals surface area contributed by atoms with Gasteiger partial charge in [-0.3, -0.25) is 9.59 Å². The van der Waals surface area contributed by atoms with Crippen molar-refractivity contribution in [3.63, 3.8) is 0 Å². The lowest BCUT2D eigenvalue weighted by molar-refractivity contribution is -0.120. The number of H-pyrrole nitrogens is 1. The number of fused-ring (bicyclic) bond motifs is 1. The van der Waals surface area contributed by atoms with Crippen LogP contribution in [0.25, 0.3) is 10.9 Å². The van der Waals surface area contributed by atoms with E-state index in [1.807, 2.05) is 42.6 Å². The minimum absolute atomic E-state index is 0.165. The zero-order valence-electron chi connectivity index (χ0n) is 15.7. The van der Waals surface area contributed by atoms with E-state index in [-0.39, 0.29) is 18.4 Å². The van der Waals surface area contributed by atoms with Crippen LogP contribution in [0.3, 0.4) is 0 Å². The van der Waals surface area contributed by atoms with Gasteiger partial charge < -0.3 is 20.7 Å². The van der Waals surface area contributed by atoms with E-state index >= 15 is 0 Å². The fraction of sp³-hybridized carbons (Fsp3) is 0.238. The molecule has 0 aliphatic rings. The van der Waals surface area contributed by atoms with Gasteiger partial charge in [0.1, 0.15) is 0 Å². The number of anilines is 1. The Bertz CT molecular complexity index is 1000. The van der Waals surface area contributed by atoms with E-state index in [1.165, 1.54) is 6.92 Å². The maximum atomic E-state index is 12.1. The summed E-state index contributed by atoms with van der Waals surface area (Å²) in [4.78, 5) is 25.4. The highest BCUT2D eigenvalue weighted by Crippen LogP contribution is 2.34. The number of aliphatic hydroxyl groups excluding tert-OH is 1. The van der Waals surface area contributed by atoms with Gasteiger partial charge in [-0.15, -0.1) is 0 Å². The monoisotopic (exact) mass is 433 g/mol. The molecule has 8 heteroatoms. The highest BCUT2D eigenvalue weighted by molar-refractivity contribution is 6.53. The Kier molecular flexibility index (Phi) is 6.79. The van der Waals surface area contributed by atoms with Crippen LogP contribution in [0.4, 0.5) is 5.69 Å². The van der Waals surface area contributed by atoms with Gasteiger partial charge in [0.2, 0.25) is 5.91 Å². The molecule has 0 radical (unpaired) electrons. The second kappa shape index (κ2) is 9.31. The molecule has 2 amide bonds. The van der Waals surface area contributed by atoms with E-state index in [4.69, 9.17) is 23.2 Å². The van der Waals surface area contributed by atoms with Crippen molar-refractivity contribution in [2.75, 3.05) is 11.9 Å². The maximum absolute atomic E-state index is 12.1. The van der Waals surface area contributed by atoms with E-state index in [0.717, 1.165) is 22.0 Å². The van der Waals surface area contributed by atoms with Crippen LogP contribution in [0.15, 0.2) is 54.7 Å². The van der Waals surface area contributed by atoms with E-state index in [9.17, 15) is 14.7 Å². The zero-order valence-corrected chi connectivity index (χ0v) is 17.2. The first-order chi connectivity index (χ1) is 13.9. The van der Waals surface area contributed by atoms with E-state index in [0.29, 0.717) is 5.69 Å². The van der Waals surface area contributed by atoms with Crippen LogP contribution in [0.2, 0.25) is 0 Å². The Morgan fingerprint density at radius 2 is 1.79 bits per heavy atom. The molecule has 4 N–H and O–H groups in total. The van der Waals surface area contributed by atoms with E-state index in [2.05, 4.69) is 15.6 Å². The molecule has 0 unspecified atom stereocenters. The van der Waals surface area contributed by atoms with Gasteiger partial charge >= 0.3 is 0 Å². The number of hydrogen-bond donors (Lipinski definition) is 4. The van der Waals surface area contributed by atoms with Crippen LogP contribution in [0.1, 0.15) is 24.0 Å². The molecule has 2 aromatic carbocycles. The molecule has 3 rings (SSSR count). The summed E-state index contributed by atoms with van der Waals surface area (Å²) in [6.07, 6.45) is 1.87. The summed E-state index contributed by atoms with van der Waals surface area (Å²) < 4.78 is 0. The van der Waals surface area contributed by atoms with Crippen LogP contribution in [-0.2, 0) is 9.59 Å². The summed E-state index contributed by atoms with van der Waals surface area (Å²) >= 11 is 11.4. The molecule has 3 aromatic rings. The van der Waals surface area contributed by atoms with Crippen molar-refractivity contribution in [2.24, 2.45) is 0 Å². The fourth-order valence-corrected chi connectivity index (χ4v) is 3.56. The fourth-order valence-electron chi connectivity index (χ4n) is 3.44. The number of halogens is 2. The van der Waals surface area contributed by atoms with Crippen molar-refractivity contribution in [1.29, 1.82) is 0 Å². The number of alkyl halides is 2. The third kappa shape index (κ3) is 4.90. The Labute approximate surface area is 178 Å². The van der Waals surface area contributed by atoms with Crippen LogP contribution in [0.5, 0.6) is 0 Å². The lowest BCUT2D eigenvalue weighted by Gasteiger charge is -2.27. The van der Waals surface area contributed by atoms with Crippen LogP contribution >= 0.6 is 23.2 Å². The second-order valence-corrected chi connectivity index (χ2v) is 7.77. The number of aromatic nitrogens is 1. The minimum atomic E-state index is -1.24. The first kappa shape index (κ1) is 21.2. The molecule has 0 aliphatic heterocycles. The maximum Gasteiger partial charge on any atom is 0.253 e. The van der Waals surface area contributed by atoms with Gasteiger partial charge in [0, 0.05) is 35.6 Å². The van der Waals surface area contributed by atoms with Gasteiger partial charge in [-0.1, -0.05) is 53.5 Å². The zero-order chi connectivity index (χ0) is 21.0. The first-order valence-corrected chi connectivity index (χ1v) is 9.91. The van der Waals surface area contributed by atoms with Gasteiger partial charge in [-0.25, -0.2) is 0 Å². The van der Waals surface area contributed by atoms with E-state index < -0.39 is 16.8 Å². The number of carbonyl (C=O) groups is 2. The summed E-state index contributed by atoms with van der Waals surface area (Å²) in [5, 5.41) is 16.5. The quantitative estimate of drug-likeness (QED) is 0.429. The average molecular weight is 434 g/mol. The summed E-state index contributed by atoms with van der Waals surface area (Å²) in [7, 11) is 0. The smallest absolute Gasteiger partial charge is 0.253 e. The third-order valence-corrected chi connectivity index (χ3v) is 5.07. The van der Waals surface area contributed by atoms with Gasteiger partial charge in [0.25, 0.3) is 5.91 Å². The Hall–Kier alpha value is -2.54. The average Bonchev–Trinajstić information content (AvgIpc) is 3.12. The number of carbonyl (C=O) groups excluding carboxylic acids is 2. The molecule has 0 fully saturated rings. The van der Waals surface area contributed by atoms with Crippen molar-refractivity contribution in [1.82, 2.24) is 10.3 Å². The number of nitrogens with one attached hydrogen (secondary N) is 3. The van der Waals surface area contributed by atoms with Crippen molar-refractivity contribution >= 4 is 51.6 Å². The summed E-state index contributed by atoms with van der Waals surface area (Å²) in [5.74, 6) is -1.12. The molecule has 1 aromatic heterocycles. The molecule has 0 aliphatic carbocycles. The van der Waals surface area contributed by atoms with Crippen molar-refractivity contribution in [3.8, 4) is 0 Å². The summed E-state index contributed by atoms with van der Waals surface area (Å²) in [6, 6.07) is 14.4. The summed E-state index contributed by atoms with van der Waals surface area (Å²) in [5.41, 5.74) is 3.36. The standard InChI is InChI=1S/C21H21Cl2N3O3/c1-12(28)25-14-8-6-13(7-9-14)19(18(11-27)26-21(29)20(22)23)16-10-24-17-5-3-2-4-15(16)17/h2-10,18-20,24,27H,11H2,1H3,(H,25,28)(H,26,29)/t18-,19-/m0/s1. The Morgan fingerprint density at radius 3 is 2.41 bits per heavy atom. The largest absolute Gasteiger partial charge is 0.394 e. The lowest BCUT2D eigenvalue weighted by atomic mass is 9.85. The van der Waals surface area contributed by atoms with Gasteiger partial charge in [-0.2, -0.15) is 0 Å². The number of aliphatic hydroxyl groups is 1. The lowest BCUT2D eigenvalue weighted by Crippen LogP contribution is -2.44. The van der Waals surface area contributed by atoms with Crippen LogP contribution in [0, 0.1) is 0 Å². The SMILES string of the molecule is CC(=O)Nc1ccc([C@@H](c2c[nH]c3ccccc23)[C@H](CO)NC(=O)C(Cl)Cl)cc1. The number of aromatic amines is 1. The molecule has 0 bridgehead atoms. The number of rotatable bonds is 7. The molecular weight excluding hydrogens is 413 g/mol. The number of para-hydroxylation sites is 1. The number of amides is 2. The molecule has 0 spiro atoms. The highest BCUT2D eigenvalue weighted by Gasteiger charge is 2.29. The molecular formula is C21H21Cl2N3O3. The molecule has 0 saturated heterocycles. The molecule has 6 nitrogen and oxygen atoms in total. The second-order valence-electron chi connectivity index (χ2n) is 6.67. The highest BCUT2D eigenvalue weighted by atomic mass is 35.5. The molecule has 0 saturated carbocycles. The number of hydrogen-bond acceptors (Lipinski definition) is 3. The Morgan fingerprint density at radius 1 is 1.10 bits per heavy atom. The van der Waals surface area contributed by atoms with Gasteiger partial charge in [0.05, 0.1) is 12.6 Å². The van der Waals surface area contributed by atoms with Crippen LogP contribution in [-0.4, -0.2) is 39.4 Å². The number of benzene rings is 2. The van der Waals surface area contributed by atoms with Crippen LogP contribution < -0.4 is 10.6 Å². The predicted molar refractivity (Wildman–Crippen MR) is 115 cm³/mol. The molecule has 2 atom stereocenters.